The second-order valence-corrected chi connectivity index (χ2v) is 2.83. The third kappa shape index (κ3) is 1.81. The van der Waals surface area contributed by atoms with Crippen LogP contribution in [-0.2, 0) is 18.3 Å². The summed E-state index contributed by atoms with van der Waals surface area (Å²) in [6.07, 6.45) is 3.85. The van der Waals surface area contributed by atoms with Gasteiger partial charge in [-0.2, -0.15) is 0 Å². The number of aryl methyl sites for hydroxylation is 1. The number of carbonyl (C=O) groups is 1. The van der Waals surface area contributed by atoms with Crippen LogP contribution in [0.2, 0.25) is 0 Å². The number of hydrogen-bond donors (Lipinski definition) is 0. The monoisotopic (exact) mass is 164 g/mol. The molecule has 0 fully saturated rings. The van der Waals surface area contributed by atoms with E-state index in [2.05, 4.69) is 11.6 Å². The van der Waals surface area contributed by atoms with E-state index in [1.807, 2.05) is 17.8 Å². The van der Waals surface area contributed by atoms with Crippen molar-refractivity contribution in [2.75, 3.05) is 0 Å². The van der Waals surface area contributed by atoms with Crippen LogP contribution in [0.25, 0.3) is 0 Å². The van der Waals surface area contributed by atoms with Gasteiger partial charge in [0.1, 0.15) is 5.82 Å². The first-order valence-electron chi connectivity index (χ1n) is 3.76. The molecule has 0 N–H and O–H groups in total. The second kappa shape index (κ2) is 3.34. The van der Waals surface area contributed by atoms with Crippen molar-refractivity contribution in [2.24, 2.45) is 7.05 Å². The van der Waals surface area contributed by atoms with E-state index in [0.717, 1.165) is 5.82 Å². The minimum absolute atomic E-state index is 0.0456. The highest BCUT2D eigenvalue weighted by Crippen LogP contribution is 2.00. The molecule has 0 unspecified atom stereocenters. The molecule has 1 aromatic rings. The van der Waals surface area contributed by atoms with E-state index < -0.39 is 0 Å². The fourth-order valence-corrected chi connectivity index (χ4v) is 0.861. The summed E-state index contributed by atoms with van der Waals surface area (Å²) in [6, 6.07) is 0. The standard InChI is InChI=1S/C9H12N2O/c1-7(2)8(12)6-9-10-4-5-11(9)3/h4-5H,1,6H2,2-3H3. The predicted molar refractivity (Wildman–Crippen MR) is 46.7 cm³/mol. The maximum absolute atomic E-state index is 11.2. The first-order valence-corrected chi connectivity index (χ1v) is 3.76. The molecule has 0 saturated carbocycles. The molecule has 0 aliphatic heterocycles. The van der Waals surface area contributed by atoms with Crippen molar-refractivity contribution in [3.8, 4) is 0 Å². The lowest BCUT2D eigenvalue weighted by Crippen LogP contribution is -2.07. The van der Waals surface area contributed by atoms with Crippen molar-refractivity contribution in [3.63, 3.8) is 0 Å². The van der Waals surface area contributed by atoms with Gasteiger partial charge < -0.3 is 4.57 Å². The van der Waals surface area contributed by atoms with E-state index in [-0.39, 0.29) is 5.78 Å². The van der Waals surface area contributed by atoms with E-state index in [9.17, 15) is 4.79 Å². The molecule has 0 radical (unpaired) electrons. The van der Waals surface area contributed by atoms with Gasteiger partial charge in [-0.3, -0.25) is 4.79 Å². The van der Waals surface area contributed by atoms with Crippen LogP contribution in [0.5, 0.6) is 0 Å². The van der Waals surface area contributed by atoms with Crippen molar-refractivity contribution in [1.29, 1.82) is 0 Å². The minimum atomic E-state index is 0.0456. The van der Waals surface area contributed by atoms with Gasteiger partial charge in [0.25, 0.3) is 0 Å². The molecule has 0 aliphatic rings. The quantitative estimate of drug-likeness (QED) is 0.627. The molecule has 0 atom stereocenters. The smallest absolute Gasteiger partial charge is 0.165 e. The van der Waals surface area contributed by atoms with Gasteiger partial charge in [-0.05, 0) is 12.5 Å². The number of imidazole rings is 1. The summed E-state index contributed by atoms with van der Waals surface area (Å²) in [4.78, 5) is 15.2. The summed E-state index contributed by atoms with van der Waals surface area (Å²) in [7, 11) is 1.87. The zero-order chi connectivity index (χ0) is 9.14. The van der Waals surface area contributed by atoms with Crippen LogP contribution in [0.15, 0.2) is 24.5 Å². The van der Waals surface area contributed by atoms with E-state index in [0.29, 0.717) is 12.0 Å². The largest absolute Gasteiger partial charge is 0.338 e. The van der Waals surface area contributed by atoms with Gasteiger partial charge in [-0.25, -0.2) is 4.98 Å². The normalized spacial score (nSPS) is 9.83. The maximum Gasteiger partial charge on any atom is 0.165 e. The molecule has 0 aliphatic carbocycles. The molecular formula is C9H12N2O. The average Bonchev–Trinajstić information content (AvgIpc) is 2.36. The van der Waals surface area contributed by atoms with Gasteiger partial charge in [0.15, 0.2) is 5.78 Å². The highest BCUT2D eigenvalue weighted by Gasteiger charge is 2.06. The molecule has 0 aromatic carbocycles. The number of rotatable bonds is 3. The number of aromatic nitrogens is 2. The summed E-state index contributed by atoms with van der Waals surface area (Å²) in [5, 5.41) is 0. The highest BCUT2D eigenvalue weighted by molar-refractivity contribution is 5.95. The molecule has 1 aromatic heterocycles. The molecule has 1 heterocycles. The van der Waals surface area contributed by atoms with E-state index in [4.69, 9.17) is 0 Å². The number of allylic oxidation sites excluding steroid dienone is 1. The minimum Gasteiger partial charge on any atom is -0.338 e. The van der Waals surface area contributed by atoms with Crippen LogP contribution in [0.1, 0.15) is 12.7 Å². The number of carbonyl (C=O) groups excluding carboxylic acids is 1. The van der Waals surface area contributed by atoms with Crippen LogP contribution >= 0.6 is 0 Å². The fraction of sp³-hybridized carbons (Fsp3) is 0.333. The van der Waals surface area contributed by atoms with Gasteiger partial charge in [0.05, 0.1) is 6.42 Å². The summed E-state index contributed by atoms with van der Waals surface area (Å²) in [5.74, 6) is 0.826. The summed E-state index contributed by atoms with van der Waals surface area (Å²) >= 11 is 0. The summed E-state index contributed by atoms with van der Waals surface area (Å²) in [5.41, 5.74) is 0.581. The summed E-state index contributed by atoms with van der Waals surface area (Å²) in [6.45, 7) is 5.29. The SMILES string of the molecule is C=C(C)C(=O)Cc1nccn1C. The van der Waals surface area contributed by atoms with Gasteiger partial charge >= 0.3 is 0 Å². The van der Waals surface area contributed by atoms with E-state index in [1.165, 1.54) is 0 Å². The number of Topliss-reactive ketones (excluding diaryl/α,β-unsaturated/α-hetero) is 1. The molecule has 0 spiro atoms. The zero-order valence-electron chi connectivity index (χ0n) is 7.37. The molecule has 3 nitrogen and oxygen atoms in total. The molecule has 0 amide bonds. The average molecular weight is 164 g/mol. The van der Waals surface area contributed by atoms with Crippen molar-refractivity contribution < 1.29 is 4.79 Å². The first kappa shape index (κ1) is 8.71. The Labute approximate surface area is 71.7 Å². The number of ketones is 1. The van der Waals surface area contributed by atoms with Crippen LogP contribution in [0.4, 0.5) is 0 Å². The lowest BCUT2D eigenvalue weighted by Gasteiger charge is -1.99. The van der Waals surface area contributed by atoms with Gasteiger partial charge in [-0.15, -0.1) is 0 Å². The van der Waals surface area contributed by atoms with Crippen molar-refractivity contribution >= 4 is 5.78 Å². The van der Waals surface area contributed by atoms with Crippen molar-refractivity contribution in [3.05, 3.63) is 30.4 Å². The fourth-order valence-electron chi connectivity index (χ4n) is 0.861. The lowest BCUT2D eigenvalue weighted by atomic mass is 10.1. The van der Waals surface area contributed by atoms with Gasteiger partial charge in [0.2, 0.25) is 0 Å². The third-order valence-electron chi connectivity index (χ3n) is 1.72. The third-order valence-corrected chi connectivity index (χ3v) is 1.72. The maximum atomic E-state index is 11.2. The second-order valence-electron chi connectivity index (χ2n) is 2.83. The Morgan fingerprint density at radius 3 is 2.83 bits per heavy atom. The Bertz CT molecular complexity index is 312. The Balaban J connectivity index is 2.71. The van der Waals surface area contributed by atoms with Gasteiger partial charge in [0, 0.05) is 19.4 Å². The number of hydrogen-bond acceptors (Lipinski definition) is 2. The van der Waals surface area contributed by atoms with Gasteiger partial charge in [-0.1, -0.05) is 6.58 Å². The first-order chi connectivity index (χ1) is 5.61. The van der Waals surface area contributed by atoms with Crippen molar-refractivity contribution in [1.82, 2.24) is 9.55 Å². The Kier molecular flexibility index (Phi) is 2.43. The van der Waals surface area contributed by atoms with Crippen LogP contribution < -0.4 is 0 Å². The topological polar surface area (TPSA) is 34.9 Å². The molecule has 0 bridgehead atoms. The molecule has 64 valence electrons. The molecule has 1 rings (SSSR count). The van der Waals surface area contributed by atoms with Crippen LogP contribution in [0, 0.1) is 0 Å². The summed E-state index contributed by atoms with van der Waals surface area (Å²) < 4.78 is 1.83. The van der Waals surface area contributed by atoms with Crippen molar-refractivity contribution in [2.45, 2.75) is 13.3 Å². The van der Waals surface area contributed by atoms with E-state index >= 15 is 0 Å². The van der Waals surface area contributed by atoms with E-state index in [1.54, 1.807) is 13.1 Å². The van der Waals surface area contributed by atoms with Crippen LogP contribution in [0.3, 0.4) is 0 Å². The molecule has 0 saturated heterocycles. The Morgan fingerprint density at radius 2 is 2.42 bits per heavy atom. The molecule has 3 heteroatoms. The van der Waals surface area contributed by atoms with Crippen LogP contribution in [-0.4, -0.2) is 15.3 Å². The predicted octanol–water partition coefficient (Wildman–Crippen LogP) is 1.11. The zero-order valence-corrected chi connectivity index (χ0v) is 7.37. The number of nitrogens with zero attached hydrogens (tertiary/aromatic N) is 2. The lowest BCUT2D eigenvalue weighted by molar-refractivity contribution is -0.115. The Morgan fingerprint density at radius 1 is 1.75 bits per heavy atom. The molecular weight excluding hydrogens is 152 g/mol. The highest BCUT2D eigenvalue weighted by atomic mass is 16.1. The Hall–Kier alpha value is -1.38. The molecule has 12 heavy (non-hydrogen) atoms.